The van der Waals surface area contributed by atoms with E-state index in [-0.39, 0.29) is 19.4 Å². The molecule has 8 unspecified atom stereocenters. The van der Waals surface area contributed by atoms with Crippen molar-refractivity contribution in [2.24, 2.45) is 0 Å². The van der Waals surface area contributed by atoms with Crippen LogP contribution in [0.4, 0.5) is 0 Å². The third-order valence-corrected chi connectivity index (χ3v) is 13.2. The molecule has 1 saturated heterocycles. The van der Waals surface area contributed by atoms with Crippen molar-refractivity contribution in [3.8, 4) is 0 Å². The molecule has 0 aromatic heterocycles. The molecule has 0 aromatic carbocycles. The number of hydrogen-bond acceptors (Lipinski definition) is 10. The topological polar surface area (TPSA) is 175 Å². The first kappa shape index (κ1) is 69.3. The molecular weight excluding hydrogens is 943 g/mol. The number of unbranched alkanes of at least 4 members (excludes halogenated alkanes) is 18. The quantitative estimate of drug-likeness (QED) is 0.0195. The fourth-order valence-electron chi connectivity index (χ4n) is 8.45. The lowest BCUT2D eigenvalue weighted by Crippen LogP contribution is -2.61. The minimum Gasteiger partial charge on any atom is -0.454 e. The molecule has 6 N–H and O–H groups in total. The molecule has 0 spiro atoms. The van der Waals surface area contributed by atoms with E-state index in [1.807, 2.05) is 18.2 Å². The first-order valence-electron chi connectivity index (χ1n) is 29.7. The van der Waals surface area contributed by atoms with Crippen molar-refractivity contribution in [2.45, 2.75) is 269 Å². The highest BCUT2D eigenvalue weighted by Crippen LogP contribution is 2.26. The van der Waals surface area contributed by atoms with Crippen molar-refractivity contribution in [3.63, 3.8) is 0 Å². The summed E-state index contributed by atoms with van der Waals surface area (Å²) in [6.45, 7) is 5.58. The third kappa shape index (κ3) is 39.4. The molecule has 1 amide bonds. The van der Waals surface area contributed by atoms with Crippen molar-refractivity contribution in [1.82, 2.24) is 5.32 Å². The van der Waals surface area contributed by atoms with Crippen molar-refractivity contribution < 1.29 is 49.3 Å². The zero-order valence-electron chi connectivity index (χ0n) is 47.1. The fraction of sp³-hybridized carbons (Fsp3) is 0.688. The van der Waals surface area contributed by atoms with Gasteiger partial charge in [0.2, 0.25) is 5.91 Å². The summed E-state index contributed by atoms with van der Waals surface area (Å²) < 4.78 is 17.5. The number of rotatable bonds is 48. The van der Waals surface area contributed by atoms with E-state index in [2.05, 4.69) is 111 Å². The summed E-state index contributed by atoms with van der Waals surface area (Å²) in [4.78, 5) is 26.5. The van der Waals surface area contributed by atoms with E-state index < -0.39 is 67.4 Å². The lowest BCUT2D eigenvalue weighted by molar-refractivity contribution is -0.305. The Balaban J connectivity index is 2.79. The largest absolute Gasteiger partial charge is 0.454 e. The summed E-state index contributed by atoms with van der Waals surface area (Å²) in [6.07, 6.45) is 58.4. The Morgan fingerprint density at radius 3 is 1.47 bits per heavy atom. The highest BCUT2D eigenvalue weighted by molar-refractivity contribution is 5.80. The van der Waals surface area contributed by atoms with Crippen LogP contribution in [0.25, 0.3) is 0 Å². The van der Waals surface area contributed by atoms with Crippen LogP contribution in [-0.2, 0) is 23.8 Å². The Morgan fingerprint density at radius 2 is 0.960 bits per heavy atom. The van der Waals surface area contributed by atoms with Crippen LogP contribution in [0, 0.1) is 0 Å². The number of carbonyl (C=O) groups excluding carboxylic acids is 2. The summed E-state index contributed by atoms with van der Waals surface area (Å²) in [5.41, 5.74) is 0. The van der Waals surface area contributed by atoms with E-state index in [0.717, 1.165) is 103 Å². The Bertz CT molecular complexity index is 1630. The van der Waals surface area contributed by atoms with Crippen molar-refractivity contribution in [3.05, 3.63) is 109 Å². The van der Waals surface area contributed by atoms with Crippen molar-refractivity contribution in [1.29, 1.82) is 0 Å². The second kappa shape index (κ2) is 51.1. The summed E-state index contributed by atoms with van der Waals surface area (Å²) in [6, 6.07) is -1.07. The van der Waals surface area contributed by atoms with Crippen LogP contribution >= 0.6 is 0 Å². The van der Waals surface area contributed by atoms with E-state index in [4.69, 9.17) is 14.2 Å². The van der Waals surface area contributed by atoms with Crippen LogP contribution in [0.2, 0.25) is 0 Å². The van der Waals surface area contributed by atoms with Crippen LogP contribution in [0.5, 0.6) is 0 Å². The molecule has 1 heterocycles. The molecule has 75 heavy (non-hydrogen) atoms. The number of nitrogens with one attached hydrogen (secondary N) is 1. The Kier molecular flexibility index (Phi) is 47.2. The average Bonchev–Trinajstić information content (AvgIpc) is 3.41. The monoisotopic (exact) mass is 1050 g/mol. The van der Waals surface area contributed by atoms with Gasteiger partial charge < -0.3 is 45.1 Å². The number of ether oxygens (including phenoxy) is 3. The molecule has 1 fully saturated rings. The minimum atomic E-state index is -1.64. The van der Waals surface area contributed by atoms with Gasteiger partial charge in [-0.25, -0.2) is 0 Å². The van der Waals surface area contributed by atoms with Gasteiger partial charge in [0, 0.05) is 6.42 Å². The predicted molar refractivity (Wildman–Crippen MR) is 310 cm³/mol. The van der Waals surface area contributed by atoms with Crippen LogP contribution < -0.4 is 5.32 Å². The van der Waals surface area contributed by atoms with Gasteiger partial charge >= 0.3 is 5.97 Å². The van der Waals surface area contributed by atoms with Gasteiger partial charge in [-0.1, -0.05) is 220 Å². The number of carbonyl (C=O) groups is 2. The van der Waals surface area contributed by atoms with Crippen LogP contribution in [0.15, 0.2) is 109 Å². The Labute approximate surface area is 456 Å². The molecular formula is C64H107NO10. The second-order valence-electron chi connectivity index (χ2n) is 20.0. The predicted octanol–water partition coefficient (Wildman–Crippen LogP) is 13.7. The fourth-order valence-corrected chi connectivity index (χ4v) is 8.45. The molecule has 11 nitrogen and oxygen atoms in total. The molecule has 0 aromatic rings. The molecule has 11 heteroatoms. The molecule has 1 rings (SSSR count). The van der Waals surface area contributed by atoms with Gasteiger partial charge in [0.05, 0.1) is 25.4 Å². The number of esters is 1. The Hall–Kier alpha value is -3.68. The average molecular weight is 1050 g/mol. The zero-order chi connectivity index (χ0) is 54.7. The van der Waals surface area contributed by atoms with Crippen LogP contribution in [0.3, 0.4) is 0 Å². The molecule has 0 saturated carbocycles. The summed E-state index contributed by atoms with van der Waals surface area (Å²) in [5.74, 6) is -1.29. The standard InChI is InChI=1S/C64H107NO10/c1-4-7-10-13-16-19-22-25-27-29-31-34-37-40-43-46-49-52-59(69)75-62-61(71)60(70)58(53-66)74-64(62)73-54-55(56(67)50-47-44-41-38-35-32-24-21-18-15-12-9-6-3)65-63(72)57(68)51-48-45-42-39-36-33-30-28-26-23-20-17-14-11-8-5-2/h8,11,16-17,19-20,25-28,31,33-34,36,42,45,47,50,55-58,60-62,64,66-68,70-71H,4-7,9-10,12-15,18,21-24,29-30,32,35,37-41,43-44,46,48-49,51-54H2,1-3H3,(H,65,72)/b11-8-,19-16-,20-17-,27-25-,28-26-,34-31-,36-33-,45-42-,50-47+. The van der Waals surface area contributed by atoms with Gasteiger partial charge in [-0.3, -0.25) is 9.59 Å². The number of aliphatic hydroxyl groups is 5. The van der Waals surface area contributed by atoms with Gasteiger partial charge in [-0.05, 0) is 103 Å². The first-order valence-corrected chi connectivity index (χ1v) is 29.7. The van der Waals surface area contributed by atoms with E-state index in [1.165, 1.54) is 70.6 Å². The normalized spacial score (nSPS) is 20.0. The minimum absolute atomic E-state index is 0.0853. The molecule has 428 valence electrons. The smallest absolute Gasteiger partial charge is 0.306 e. The number of hydrogen-bond donors (Lipinski definition) is 6. The van der Waals surface area contributed by atoms with Gasteiger partial charge in [0.15, 0.2) is 12.4 Å². The highest BCUT2D eigenvalue weighted by Gasteiger charge is 2.47. The molecule has 8 atom stereocenters. The van der Waals surface area contributed by atoms with Gasteiger partial charge in [-0.15, -0.1) is 0 Å². The first-order chi connectivity index (χ1) is 36.7. The maximum absolute atomic E-state index is 13.4. The third-order valence-electron chi connectivity index (χ3n) is 13.2. The zero-order valence-corrected chi connectivity index (χ0v) is 47.1. The lowest BCUT2D eigenvalue weighted by atomic mass is 9.99. The van der Waals surface area contributed by atoms with Crippen molar-refractivity contribution in [2.75, 3.05) is 13.2 Å². The molecule has 0 bridgehead atoms. The molecule has 1 aliphatic heterocycles. The number of aliphatic hydroxyl groups excluding tert-OH is 5. The Morgan fingerprint density at radius 1 is 0.533 bits per heavy atom. The maximum Gasteiger partial charge on any atom is 0.306 e. The summed E-state index contributed by atoms with van der Waals surface area (Å²) >= 11 is 0. The SMILES string of the molecule is CC/C=C\C/C=C\C/C=C\C/C=C\C/C=C\CCC(O)C(=O)NC(COC1OC(CO)C(O)C(O)C1OC(=O)CCCCCC/C=C\C/C=C\C/C=C\CCCCC)C(O)/C=C/CCCCCCCCCCCCC. The van der Waals surface area contributed by atoms with Crippen LogP contribution in [-0.4, -0.2) is 99.6 Å². The molecule has 1 aliphatic rings. The van der Waals surface area contributed by atoms with E-state index in [1.54, 1.807) is 6.08 Å². The number of amides is 1. The number of allylic oxidation sites excluding steroid dienone is 17. The van der Waals surface area contributed by atoms with Gasteiger partial charge in [-0.2, -0.15) is 0 Å². The van der Waals surface area contributed by atoms with Crippen molar-refractivity contribution >= 4 is 11.9 Å². The van der Waals surface area contributed by atoms with Gasteiger partial charge in [0.25, 0.3) is 0 Å². The van der Waals surface area contributed by atoms with E-state index in [0.29, 0.717) is 12.8 Å². The summed E-state index contributed by atoms with van der Waals surface area (Å²) in [7, 11) is 0. The summed E-state index contributed by atoms with van der Waals surface area (Å²) in [5, 5.41) is 56.8. The maximum atomic E-state index is 13.4. The van der Waals surface area contributed by atoms with Crippen LogP contribution in [0.1, 0.15) is 220 Å². The molecule has 0 radical (unpaired) electrons. The lowest BCUT2D eigenvalue weighted by Gasteiger charge is -2.41. The van der Waals surface area contributed by atoms with Gasteiger partial charge in [0.1, 0.15) is 24.4 Å². The highest BCUT2D eigenvalue weighted by atomic mass is 16.7. The van der Waals surface area contributed by atoms with E-state index in [9.17, 15) is 35.1 Å². The molecule has 0 aliphatic carbocycles. The van der Waals surface area contributed by atoms with E-state index >= 15 is 0 Å². The second-order valence-corrected chi connectivity index (χ2v) is 20.0.